The SMILES string of the molecule is CC1=C2C[C@H]3[C@@H](CCC4=C[C@@H](O)CC[C@@]43C)[C@@H]2CCC2(C1)O[C@@H]1C[C@H](C)CN(CCNS(=O)(=O)CCc3ccccc3)[C@H]1[C@H]2C. The fourth-order valence-electron chi connectivity index (χ4n) is 11.2. The maximum absolute atomic E-state index is 12.9. The van der Waals surface area contributed by atoms with Crippen LogP contribution in [0.4, 0.5) is 0 Å². The molecule has 1 aromatic carbocycles. The maximum atomic E-state index is 12.9. The molecule has 6 nitrogen and oxygen atoms in total. The Balaban J connectivity index is 1.03. The summed E-state index contributed by atoms with van der Waals surface area (Å²) in [7, 11) is -3.33. The van der Waals surface area contributed by atoms with Crippen molar-refractivity contribution >= 4 is 10.0 Å². The summed E-state index contributed by atoms with van der Waals surface area (Å²) in [6, 6.07) is 10.2. The zero-order valence-electron chi connectivity index (χ0n) is 28.0. The molecule has 2 aliphatic heterocycles. The predicted octanol–water partition coefficient (Wildman–Crippen LogP) is 6.27. The standard InChI is InChI=1S/C38H56N2O4S/c1-25-20-35-36(40(24-25)18-17-39-45(42,43)19-14-28-8-6-5-7-9-28)27(3)38(44-35)16-13-31-32-11-10-29-21-30(41)12-15-37(29,4)34(32)22-33(31)26(2)23-38/h5-9,21,25,27,30-32,34-36,39,41H,10-20,22-24H2,1-4H3/t25-,27+,30-,31-,32-,34-,35+,36-,37-,38?/m0/s1. The van der Waals surface area contributed by atoms with Gasteiger partial charge in [0.1, 0.15) is 0 Å². The lowest BCUT2D eigenvalue weighted by Crippen LogP contribution is -2.53. The average molecular weight is 637 g/mol. The fraction of sp³-hybridized carbons (Fsp3) is 0.737. The molecule has 1 unspecified atom stereocenters. The summed E-state index contributed by atoms with van der Waals surface area (Å²) >= 11 is 0. The first-order chi connectivity index (χ1) is 21.5. The Kier molecular flexibility index (Phi) is 8.68. The van der Waals surface area contributed by atoms with E-state index < -0.39 is 10.0 Å². The topological polar surface area (TPSA) is 78.9 Å². The van der Waals surface area contributed by atoms with E-state index in [1.807, 2.05) is 30.3 Å². The Bertz CT molecular complexity index is 1420. The lowest BCUT2D eigenvalue weighted by atomic mass is 9.56. The van der Waals surface area contributed by atoms with Crippen LogP contribution in [-0.2, 0) is 21.2 Å². The van der Waals surface area contributed by atoms with Crippen molar-refractivity contribution in [2.75, 3.05) is 25.4 Å². The summed E-state index contributed by atoms with van der Waals surface area (Å²) in [4.78, 5) is 2.57. The normalized spacial score (nSPS) is 41.7. The van der Waals surface area contributed by atoms with Crippen molar-refractivity contribution in [1.29, 1.82) is 0 Å². The van der Waals surface area contributed by atoms with E-state index in [0.717, 1.165) is 63.1 Å². The zero-order valence-corrected chi connectivity index (χ0v) is 28.8. The predicted molar refractivity (Wildman–Crippen MR) is 180 cm³/mol. The van der Waals surface area contributed by atoms with Gasteiger partial charge >= 0.3 is 0 Å². The molecule has 10 atom stereocenters. The van der Waals surface area contributed by atoms with Gasteiger partial charge in [0.2, 0.25) is 10.0 Å². The number of likely N-dealkylation sites (tertiary alicyclic amines) is 1. The van der Waals surface area contributed by atoms with Crippen molar-refractivity contribution in [3.05, 3.63) is 58.7 Å². The van der Waals surface area contributed by atoms with Crippen LogP contribution in [0.1, 0.15) is 91.0 Å². The first-order valence-electron chi connectivity index (χ1n) is 18.0. The quantitative estimate of drug-likeness (QED) is 0.345. The van der Waals surface area contributed by atoms with Crippen LogP contribution in [0.3, 0.4) is 0 Å². The van der Waals surface area contributed by atoms with Gasteiger partial charge in [-0.05, 0) is 106 Å². The lowest BCUT2D eigenvalue weighted by Gasteiger charge is -2.49. The van der Waals surface area contributed by atoms with Crippen LogP contribution >= 0.6 is 0 Å². The van der Waals surface area contributed by atoms with Gasteiger partial charge in [0.15, 0.2) is 0 Å². The van der Waals surface area contributed by atoms with E-state index in [1.54, 1.807) is 16.7 Å². The number of allylic oxidation sites excluding steroid dienone is 2. The second-order valence-electron chi connectivity index (χ2n) is 16.1. The Morgan fingerprint density at radius 1 is 1.11 bits per heavy atom. The van der Waals surface area contributed by atoms with E-state index in [2.05, 4.69) is 43.4 Å². The molecule has 0 radical (unpaired) electrons. The Hall–Kier alpha value is -1.51. The van der Waals surface area contributed by atoms with Gasteiger partial charge in [0.05, 0.1) is 23.6 Å². The van der Waals surface area contributed by atoms with Crippen LogP contribution in [0.15, 0.2) is 53.1 Å². The van der Waals surface area contributed by atoms with Gasteiger partial charge in [0, 0.05) is 31.6 Å². The van der Waals surface area contributed by atoms with Gasteiger partial charge in [-0.2, -0.15) is 0 Å². The molecule has 1 spiro atoms. The number of piperidine rings is 1. The highest BCUT2D eigenvalue weighted by Crippen LogP contribution is 2.64. The Morgan fingerprint density at radius 3 is 2.71 bits per heavy atom. The van der Waals surface area contributed by atoms with Crippen LogP contribution in [0.5, 0.6) is 0 Å². The molecule has 2 N–H and O–H groups in total. The van der Waals surface area contributed by atoms with Crippen molar-refractivity contribution in [1.82, 2.24) is 9.62 Å². The minimum Gasteiger partial charge on any atom is -0.389 e. The largest absolute Gasteiger partial charge is 0.389 e. The highest BCUT2D eigenvalue weighted by Gasteiger charge is 2.59. The van der Waals surface area contributed by atoms with E-state index >= 15 is 0 Å². The molecule has 2 saturated heterocycles. The number of aliphatic hydroxyl groups excluding tert-OH is 1. The molecule has 248 valence electrons. The number of nitrogens with zero attached hydrogens (tertiary/aromatic N) is 1. The van der Waals surface area contributed by atoms with Crippen LogP contribution in [-0.4, -0.2) is 67.7 Å². The second-order valence-corrected chi connectivity index (χ2v) is 18.1. The highest BCUT2D eigenvalue weighted by molar-refractivity contribution is 7.89. The maximum Gasteiger partial charge on any atom is 0.211 e. The van der Waals surface area contributed by atoms with Crippen LogP contribution in [0.2, 0.25) is 0 Å². The van der Waals surface area contributed by atoms with Crippen LogP contribution < -0.4 is 4.72 Å². The number of rotatable bonds is 7. The third kappa shape index (κ3) is 5.92. The number of benzene rings is 1. The van der Waals surface area contributed by atoms with E-state index in [9.17, 15) is 13.5 Å². The summed E-state index contributed by atoms with van der Waals surface area (Å²) < 4.78 is 35.9. The molecule has 2 heterocycles. The molecule has 2 saturated carbocycles. The molecule has 0 bridgehead atoms. The number of hydrogen-bond acceptors (Lipinski definition) is 5. The molecule has 4 aliphatic carbocycles. The van der Waals surface area contributed by atoms with Gasteiger partial charge in [-0.3, -0.25) is 4.90 Å². The van der Waals surface area contributed by atoms with Crippen LogP contribution in [0, 0.1) is 35.0 Å². The van der Waals surface area contributed by atoms with Crippen LogP contribution in [0.25, 0.3) is 0 Å². The van der Waals surface area contributed by atoms with Crippen molar-refractivity contribution < 1.29 is 18.3 Å². The molecule has 7 heteroatoms. The Morgan fingerprint density at radius 2 is 1.91 bits per heavy atom. The summed E-state index contributed by atoms with van der Waals surface area (Å²) in [5.74, 6) is 3.22. The third-order valence-corrected chi connectivity index (χ3v) is 14.9. The van der Waals surface area contributed by atoms with Crippen molar-refractivity contribution in [3.63, 3.8) is 0 Å². The van der Waals surface area contributed by atoms with Gasteiger partial charge in [-0.15, -0.1) is 0 Å². The minimum absolute atomic E-state index is 0.123. The summed E-state index contributed by atoms with van der Waals surface area (Å²) in [5.41, 5.74) is 6.06. The molecule has 45 heavy (non-hydrogen) atoms. The molecule has 7 rings (SSSR count). The average Bonchev–Trinajstić information content (AvgIpc) is 3.47. The number of aliphatic hydroxyl groups is 1. The molecule has 0 aromatic heterocycles. The lowest BCUT2D eigenvalue weighted by molar-refractivity contribution is -0.0792. The second kappa shape index (κ2) is 12.2. The van der Waals surface area contributed by atoms with E-state index in [4.69, 9.17) is 4.74 Å². The summed E-state index contributed by atoms with van der Waals surface area (Å²) in [6.07, 6.45) is 12.9. The third-order valence-electron chi connectivity index (χ3n) is 13.5. The number of aryl methyl sites for hydroxylation is 1. The minimum atomic E-state index is -3.33. The molecule has 6 aliphatic rings. The van der Waals surface area contributed by atoms with Gasteiger partial charge in [-0.1, -0.05) is 73.9 Å². The number of fused-ring (bicyclic) bond motifs is 6. The molecular weight excluding hydrogens is 580 g/mol. The molecule has 1 aromatic rings. The Labute approximate surface area is 272 Å². The smallest absolute Gasteiger partial charge is 0.211 e. The number of hydrogen-bond donors (Lipinski definition) is 2. The zero-order chi connectivity index (χ0) is 31.6. The summed E-state index contributed by atoms with van der Waals surface area (Å²) in [5, 5.41) is 10.4. The fourth-order valence-corrected chi connectivity index (χ4v) is 12.3. The first-order valence-corrected chi connectivity index (χ1v) is 19.6. The highest BCUT2D eigenvalue weighted by atomic mass is 32.2. The first kappa shape index (κ1) is 32.1. The van der Waals surface area contributed by atoms with Gasteiger partial charge in [-0.25, -0.2) is 13.1 Å². The molecule has 4 fully saturated rings. The van der Waals surface area contributed by atoms with E-state index in [1.165, 1.54) is 19.3 Å². The number of sulfonamides is 1. The molecule has 0 amide bonds. The van der Waals surface area contributed by atoms with Crippen molar-refractivity contribution in [3.8, 4) is 0 Å². The van der Waals surface area contributed by atoms with Gasteiger partial charge in [0.25, 0.3) is 0 Å². The number of ether oxygens (including phenoxy) is 1. The van der Waals surface area contributed by atoms with Crippen molar-refractivity contribution in [2.24, 2.45) is 35.0 Å². The number of nitrogens with one attached hydrogen (secondary N) is 1. The van der Waals surface area contributed by atoms with Gasteiger partial charge < -0.3 is 9.84 Å². The van der Waals surface area contributed by atoms with E-state index in [0.29, 0.717) is 42.7 Å². The monoisotopic (exact) mass is 636 g/mol. The van der Waals surface area contributed by atoms with Crippen molar-refractivity contribution in [2.45, 2.75) is 116 Å². The summed E-state index contributed by atoms with van der Waals surface area (Å²) in [6.45, 7) is 11.9. The van der Waals surface area contributed by atoms with E-state index in [-0.39, 0.29) is 29.0 Å². The molecular formula is C38H56N2O4S.